The van der Waals surface area contributed by atoms with Gasteiger partial charge in [0.1, 0.15) is 0 Å². The second-order valence-corrected chi connectivity index (χ2v) is 8.82. The molecule has 1 saturated carbocycles. The molecule has 0 unspecified atom stereocenters. The van der Waals surface area contributed by atoms with Crippen molar-refractivity contribution >= 4 is 23.1 Å². The Morgan fingerprint density at radius 2 is 2.00 bits per heavy atom. The molecule has 0 bridgehead atoms. The fourth-order valence-corrected chi connectivity index (χ4v) is 3.91. The van der Waals surface area contributed by atoms with Crippen molar-refractivity contribution in [1.82, 2.24) is 0 Å². The number of halogens is 1. The van der Waals surface area contributed by atoms with Gasteiger partial charge in [0, 0.05) is 0 Å². The van der Waals surface area contributed by atoms with Gasteiger partial charge < -0.3 is 9.84 Å². The molecule has 0 heterocycles. The third kappa shape index (κ3) is 4.01. The predicted molar refractivity (Wildman–Crippen MR) is 61.3 cm³/mol. The first-order chi connectivity index (χ1) is 6.66. The largest absolute Gasteiger partial charge is 0.366 e. The van der Waals surface area contributed by atoms with Gasteiger partial charge in [-0.25, -0.2) is 8.42 Å². The van der Waals surface area contributed by atoms with Crippen LogP contribution in [-0.2, 0) is 13.0 Å². The molecule has 6 heteroatoms. The Morgan fingerprint density at radius 1 is 1.47 bits per heavy atom. The van der Waals surface area contributed by atoms with E-state index in [-0.39, 0.29) is 0 Å². The summed E-state index contributed by atoms with van der Waals surface area (Å²) in [5, 5.41) is 9.27. The van der Waals surface area contributed by atoms with Crippen LogP contribution in [0, 0.1) is 0 Å². The molecule has 1 N–H and O–H groups in total. The van der Waals surface area contributed by atoms with E-state index in [1.807, 2.05) is 0 Å². The molecule has 0 aliphatic heterocycles. The molecule has 1 aliphatic rings. The van der Waals surface area contributed by atoms with Crippen molar-refractivity contribution in [1.29, 1.82) is 0 Å². The molecule has 0 aromatic heterocycles. The summed E-state index contributed by atoms with van der Waals surface area (Å²) in [4.78, 5) is 0. The highest BCUT2D eigenvalue weighted by molar-refractivity contribution is 9.47. The fraction of sp³-hybridized carbons (Fsp3) is 1.00. The van der Waals surface area contributed by atoms with Crippen LogP contribution < -0.4 is 0 Å². The van der Waals surface area contributed by atoms with E-state index < -0.39 is 18.8 Å². The van der Waals surface area contributed by atoms with Gasteiger partial charge in [0.25, 0.3) is 0 Å². The third-order valence-corrected chi connectivity index (χ3v) is 6.26. The Balaban J connectivity index is 2.28. The van der Waals surface area contributed by atoms with Crippen LogP contribution in [0.25, 0.3) is 0 Å². The normalized spacial score (nSPS) is 20.3. The lowest BCUT2D eigenvalue weighted by atomic mass is 10.2. The zero-order chi connectivity index (χ0) is 11.7. The molecule has 0 amide bonds. The molecule has 90 valence electrons. The summed E-state index contributed by atoms with van der Waals surface area (Å²) in [6, 6.07) is 0. The average Bonchev–Trinajstić information content (AvgIpc) is 2.75. The van der Waals surface area contributed by atoms with E-state index in [0.717, 1.165) is 12.8 Å². The van der Waals surface area contributed by atoms with Gasteiger partial charge >= 0.3 is 0 Å². The molecule has 1 aliphatic carbocycles. The molecule has 0 radical (unpaired) electrons. The Labute approximate surface area is 98.1 Å². The van der Waals surface area contributed by atoms with Gasteiger partial charge in [0.2, 0.25) is 8.27 Å². The number of ether oxygens (including phenoxy) is 1. The third-order valence-electron chi connectivity index (χ3n) is 2.56. The molecule has 4 nitrogen and oxygen atoms in total. The smallest absolute Gasteiger partial charge is 0.214 e. The molecule has 0 saturated heterocycles. The molecule has 0 aromatic rings. The van der Waals surface area contributed by atoms with Crippen LogP contribution in [0.15, 0.2) is 0 Å². The maximum Gasteiger partial charge on any atom is 0.214 e. The van der Waals surface area contributed by atoms with Gasteiger partial charge in [-0.2, -0.15) is 0 Å². The SMILES string of the molecule is CC(C)(O)OCCCC1(S(=O)(=O)Br)CC1. The summed E-state index contributed by atoms with van der Waals surface area (Å²) >= 11 is 2.74. The minimum atomic E-state index is -3.11. The van der Waals surface area contributed by atoms with Gasteiger partial charge in [0.05, 0.1) is 26.2 Å². The summed E-state index contributed by atoms with van der Waals surface area (Å²) in [6.07, 6.45) is 2.69. The van der Waals surface area contributed by atoms with Gasteiger partial charge in [-0.15, -0.1) is 0 Å². The molecular weight excluding hydrogens is 284 g/mol. The van der Waals surface area contributed by atoms with Crippen LogP contribution in [0.2, 0.25) is 0 Å². The second kappa shape index (κ2) is 4.31. The number of hydrogen-bond acceptors (Lipinski definition) is 4. The van der Waals surface area contributed by atoms with E-state index in [0.29, 0.717) is 19.4 Å². The van der Waals surface area contributed by atoms with Gasteiger partial charge in [-0.1, -0.05) is 0 Å². The van der Waals surface area contributed by atoms with Gasteiger partial charge in [-0.05, 0) is 39.5 Å². The highest BCUT2D eigenvalue weighted by atomic mass is 79.9. The van der Waals surface area contributed by atoms with Crippen LogP contribution >= 0.6 is 14.8 Å². The van der Waals surface area contributed by atoms with Crippen molar-refractivity contribution in [3.05, 3.63) is 0 Å². The maximum absolute atomic E-state index is 11.3. The van der Waals surface area contributed by atoms with Crippen molar-refractivity contribution < 1.29 is 18.3 Å². The highest BCUT2D eigenvalue weighted by Crippen LogP contribution is 2.49. The van der Waals surface area contributed by atoms with Gasteiger partial charge in [0.15, 0.2) is 5.79 Å². The quantitative estimate of drug-likeness (QED) is 0.461. The Morgan fingerprint density at radius 3 is 2.33 bits per heavy atom. The standard InChI is InChI=1S/C9H17BrO4S/c1-8(2,11)14-7-3-4-9(5-6-9)15(10,12)13/h11H,3-7H2,1-2H3. The van der Waals surface area contributed by atoms with Crippen molar-refractivity contribution in [2.75, 3.05) is 6.61 Å². The topological polar surface area (TPSA) is 63.6 Å². The van der Waals surface area contributed by atoms with Crippen LogP contribution in [0.1, 0.15) is 39.5 Å². The van der Waals surface area contributed by atoms with E-state index in [1.54, 1.807) is 13.8 Å². The van der Waals surface area contributed by atoms with E-state index >= 15 is 0 Å². The van der Waals surface area contributed by atoms with E-state index in [4.69, 9.17) is 4.74 Å². The van der Waals surface area contributed by atoms with Crippen LogP contribution in [0.5, 0.6) is 0 Å². The van der Waals surface area contributed by atoms with Crippen molar-refractivity contribution in [2.45, 2.75) is 50.1 Å². The first-order valence-corrected chi connectivity index (χ1v) is 8.29. The molecule has 15 heavy (non-hydrogen) atoms. The van der Waals surface area contributed by atoms with Crippen molar-refractivity contribution in [3.63, 3.8) is 0 Å². The number of aliphatic hydroxyl groups is 1. The maximum atomic E-state index is 11.3. The van der Waals surface area contributed by atoms with Gasteiger partial charge in [-0.3, -0.25) is 0 Å². The second-order valence-electron chi connectivity index (χ2n) is 4.52. The summed E-state index contributed by atoms with van der Waals surface area (Å²) in [6.45, 7) is 3.50. The zero-order valence-electron chi connectivity index (χ0n) is 8.99. The molecule has 1 rings (SSSR count). The lowest BCUT2D eigenvalue weighted by Gasteiger charge is -2.19. The monoisotopic (exact) mass is 300 g/mol. The minimum absolute atomic E-state index is 0.383. The average molecular weight is 301 g/mol. The lowest BCUT2D eigenvalue weighted by Crippen LogP contribution is -2.25. The predicted octanol–water partition coefficient (Wildman–Crippen LogP) is 1.77. The van der Waals surface area contributed by atoms with Crippen molar-refractivity contribution in [2.24, 2.45) is 0 Å². The number of hydrogen-bond donors (Lipinski definition) is 1. The fourth-order valence-electron chi connectivity index (χ4n) is 1.47. The minimum Gasteiger partial charge on any atom is -0.366 e. The first kappa shape index (κ1) is 13.4. The van der Waals surface area contributed by atoms with Crippen molar-refractivity contribution in [3.8, 4) is 0 Å². The Kier molecular flexibility index (Phi) is 3.86. The van der Waals surface area contributed by atoms with E-state index in [1.165, 1.54) is 0 Å². The molecular formula is C9H17BrO4S. The van der Waals surface area contributed by atoms with Crippen LogP contribution in [0.4, 0.5) is 0 Å². The summed E-state index contributed by atoms with van der Waals surface area (Å²) < 4.78 is 27.2. The summed E-state index contributed by atoms with van der Waals surface area (Å²) in [7, 11) is -3.11. The molecule has 1 fully saturated rings. The summed E-state index contributed by atoms with van der Waals surface area (Å²) in [5.41, 5.74) is 0. The zero-order valence-corrected chi connectivity index (χ0v) is 11.4. The Bertz CT molecular complexity index is 313. The highest BCUT2D eigenvalue weighted by Gasteiger charge is 2.52. The molecule has 0 spiro atoms. The van der Waals surface area contributed by atoms with E-state index in [2.05, 4.69) is 14.8 Å². The summed E-state index contributed by atoms with van der Waals surface area (Å²) in [5.74, 6) is -1.13. The number of rotatable bonds is 6. The van der Waals surface area contributed by atoms with E-state index in [9.17, 15) is 13.5 Å². The first-order valence-electron chi connectivity index (χ1n) is 4.97. The Hall–Kier alpha value is 0.350. The molecule has 0 aromatic carbocycles. The lowest BCUT2D eigenvalue weighted by molar-refractivity contribution is -0.176. The van der Waals surface area contributed by atoms with Crippen LogP contribution in [0.3, 0.4) is 0 Å². The van der Waals surface area contributed by atoms with Crippen LogP contribution in [-0.4, -0.2) is 30.7 Å². The molecule has 0 atom stereocenters.